The van der Waals surface area contributed by atoms with Crippen molar-refractivity contribution in [2.24, 2.45) is 29.6 Å². The van der Waals surface area contributed by atoms with Crippen LogP contribution in [0.3, 0.4) is 0 Å². The summed E-state index contributed by atoms with van der Waals surface area (Å²) in [6.45, 7) is 0. The molecule has 0 radical (unpaired) electrons. The highest BCUT2D eigenvalue weighted by Crippen LogP contribution is 2.63. The lowest BCUT2D eigenvalue weighted by Crippen LogP contribution is -2.55. The lowest BCUT2D eigenvalue weighted by atomic mass is 9.48. The second kappa shape index (κ2) is 13.7. The average molecular weight is 847 g/mol. The van der Waals surface area contributed by atoms with Gasteiger partial charge in [0, 0.05) is 41.3 Å². The number of aromatic hydroxyl groups is 1. The van der Waals surface area contributed by atoms with Gasteiger partial charge in [0.2, 0.25) is 11.8 Å². The number of halogens is 5. The Labute approximate surface area is 341 Å². The van der Waals surface area contributed by atoms with E-state index in [0.29, 0.717) is 50.3 Å². The van der Waals surface area contributed by atoms with Crippen molar-refractivity contribution in [3.05, 3.63) is 139 Å². The van der Waals surface area contributed by atoms with Gasteiger partial charge in [-0.2, -0.15) is 18.2 Å². The molecule has 1 saturated carbocycles. The Morgan fingerprint density at radius 1 is 0.949 bits per heavy atom. The van der Waals surface area contributed by atoms with Gasteiger partial charge in [-0.3, -0.25) is 39.6 Å². The van der Waals surface area contributed by atoms with Crippen molar-refractivity contribution in [1.82, 2.24) is 9.99 Å². The molecule has 300 valence electrons. The number of hydrogen-bond acceptors (Lipinski definition) is 10. The zero-order chi connectivity index (χ0) is 41.7. The van der Waals surface area contributed by atoms with Crippen LogP contribution >= 0.6 is 23.2 Å². The molecule has 3 aliphatic heterocycles. The van der Waals surface area contributed by atoms with E-state index >= 15 is 4.79 Å². The van der Waals surface area contributed by atoms with Gasteiger partial charge in [0.15, 0.2) is 5.82 Å². The minimum Gasteiger partial charge on any atom is -0.508 e. The van der Waals surface area contributed by atoms with Crippen molar-refractivity contribution in [3.8, 4) is 11.5 Å². The van der Waals surface area contributed by atoms with Crippen molar-refractivity contribution < 1.29 is 47.1 Å². The van der Waals surface area contributed by atoms with E-state index < -0.39 is 86.1 Å². The molecular weight excluding hydrogens is 818 g/mol. The van der Waals surface area contributed by atoms with Crippen LogP contribution in [0.25, 0.3) is 0 Å². The summed E-state index contributed by atoms with van der Waals surface area (Å²) >= 11 is 12.6. The van der Waals surface area contributed by atoms with Crippen molar-refractivity contribution in [1.29, 1.82) is 0 Å². The summed E-state index contributed by atoms with van der Waals surface area (Å²) in [5.74, 6) is -7.71. The van der Waals surface area contributed by atoms with Gasteiger partial charge in [0.25, 0.3) is 17.5 Å². The summed E-state index contributed by atoms with van der Waals surface area (Å²) in [5, 5.41) is 22.3. The topological polar surface area (TPSA) is 172 Å². The molecule has 5 aliphatic rings. The number of nitrogens with zero attached hydrogens (tertiary/aromatic N) is 4. The molecular formula is C41H28Cl2F3N5O8. The molecule has 2 saturated heterocycles. The summed E-state index contributed by atoms with van der Waals surface area (Å²) in [6, 6.07) is 16.5. The number of benzene rings is 3. The van der Waals surface area contributed by atoms with Gasteiger partial charge in [-0.1, -0.05) is 47.0 Å². The highest BCUT2D eigenvalue weighted by Gasteiger charge is 2.71. The number of alkyl halides is 3. The summed E-state index contributed by atoms with van der Waals surface area (Å²) in [5.41, 5.74) is 1.53. The zero-order valence-electron chi connectivity index (χ0n) is 30.2. The van der Waals surface area contributed by atoms with Crippen molar-refractivity contribution >= 4 is 64.0 Å². The van der Waals surface area contributed by atoms with Crippen LogP contribution in [-0.2, 0) is 37.2 Å². The fourth-order valence-corrected chi connectivity index (χ4v) is 9.91. The predicted molar refractivity (Wildman–Crippen MR) is 204 cm³/mol. The van der Waals surface area contributed by atoms with Crippen LogP contribution in [0.15, 0.2) is 102 Å². The maximum Gasteiger partial charge on any atom is 0.417 e. The normalized spacial score (nSPS) is 26.0. The molecule has 13 nitrogen and oxygen atoms in total. The number of rotatable bonds is 6. The van der Waals surface area contributed by atoms with Crippen LogP contribution in [0.1, 0.15) is 29.5 Å². The van der Waals surface area contributed by atoms with Crippen molar-refractivity contribution in [2.75, 3.05) is 10.3 Å². The zero-order valence-corrected chi connectivity index (χ0v) is 31.7. The van der Waals surface area contributed by atoms with E-state index in [1.807, 2.05) is 6.08 Å². The first kappa shape index (κ1) is 38.3. The number of aromatic nitrogens is 1. The summed E-state index contributed by atoms with van der Waals surface area (Å²) in [4.78, 5) is 74.6. The number of carbonyl (C=O) groups excluding carboxylic acids is 4. The molecule has 59 heavy (non-hydrogen) atoms. The molecule has 4 aromatic rings. The Morgan fingerprint density at radius 2 is 1.68 bits per heavy atom. The molecule has 3 fully saturated rings. The quantitative estimate of drug-likeness (QED) is 0.0854. The van der Waals surface area contributed by atoms with Crippen molar-refractivity contribution in [2.45, 2.75) is 30.9 Å². The van der Waals surface area contributed by atoms with E-state index in [4.69, 9.17) is 27.9 Å². The Morgan fingerprint density at radius 3 is 2.36 bits per heavy atom. The van der Waals surface area contributed by atoms with Gasteiger partial charge in [0.1, 0.15) is 11.5 Å². The van der Waals surface area contributed by atoms with E-state index in [2.05, 4.69) is 10.4 Å². The first-order valence-electron chi connectivity index (χ1n) is 18.2. The minimum absolute atomic E-state index is 0.0510. The molecule has 0 spiro atoms. The van der Waals surface area contributed by atoms with E-state index in [1.165, 1.54) is 42.7 Å². The third-order valence-corrected chi connectivity index (χ3v) is 12.6. The highest BCUT2D eigenvalue weighted by atomic mass is 35.5. The van der Waals surface area contributed by atoms with Crippen LogP contribution in [0.5, 0.6) is 11.5 Å². The lowest BCUT2D eigenvalue weighted by Gasteiger charge is -2.51. The molecule has 1 aromatic heterocycles. The average Bonchev–Trinajstić information content (AvgIpc) is 3.58. The smallest absolute Gasteiger partial charge is 0.417 e. The number of pyridine rings is 1. The lowest BCUT2D eigenvalue weighted by molar-refractivity contribution is -0.384. The van der Waals surface area contributed by atoms with Crippen LogP contribution in [0.2, 0.25) is 10.0 Å². The predicted octanol–water partition coefficient (Wildman–Crippen LogP) is 7.56. The maximum absolute atomic E-state index is 15.4. The highest BCUT2D eigenvalue weighted by molar-refractivity contribution is 6.33. The van der Waals surface area contributed by atoms with E-state index in [-0.39, 0.29) is 36.4 Å². The number of phenols is 1. The Kier molecular flexibility index (Phi) is 8.86. The second-order valence-corrected chi connectivity index (χ2v) is 15.8. The van der Waals surface area contributed by atoms with E-state index in [9.17, 15) is 42.8 Å². The van der Waals surface area contributed by atoms with E-state index in [1.54, 1.807) is 30.3 Å². The van der Waals surface area contributed by atoms with E-state index in [0.717, 1.165) is 4.90 Å². The van der Waals surface area contributed by atoms with Crippen LogP contribution in [0.4, 0.5) is 30.4 Å². The molecule has 6 atom stereocenters. The molecule has 18 heteroatoms. The fourth-order valence-electron chi connectivity index (χ4n) is 9.58. The SMILES string of the molecule is O=C1[C@@H]2C[C@@H]3C(=CC[C@@H]4C(=O)N(c5ccc([N+](=O)[O-])cc5)C(=O)[C@@H]43)[C@H](C3=COc4ccc(O)cc4C3)[C@]2(c2ccc(Cl)cc2)C(=O)N1Nc1ncc(C(F)(F)F)cc1Cl. The summed E-state index contributed by atoms with van der Waals surface area (Å²) in [6.07, 6.45) is -0.908. The van der Waals surface area contributed by atoms with Crippen LogP contribution in [-0.4, -0.2) is 43.7 Å². The van der Waals surface area contributed by atoms with Gasteiger partial charge in [-0.25, -0.2) is 4.98 Å². The third kappa shape index (κ3) is 5.86. The Hall–Kier alpha value is -6.26. The number of fused-ring (bicyclic) bond motifs is 5. The van der Waals surface area contributed by atoms with Gasteiger partial charge in [-0.15, -0.1) is 0 Å². The second-order valence-electron chi connectivity index (χ2n) is 15.0. The number of nitro groups is 1. The van der Waals surface area contributed by atoms with Gasteiger partial charge in [0.05, 0.1) is 50.6 Å². The molecule has 4 heterocycles. The monoisotopic (exact) mass is 845 g/mol. The molecule has 0 unspecified atom stereocenters. The number of non-ortho nitro benzene ring substituents is 1. The fraction of sp³-hybridized carbons (Fsp3) is 0.244. The third-order valence-electron chi connectivity index (χ3n) is 12.0. The number of hydrazine groups is 1. The van der Waals surface area contributed by atoms with Gasteiger partial charge < -0.3 is 9.84 Å². The number of amides is 4. The van der Waals surface area contributed by atoms with Gasteiger partial charge >= 0.3 is 6.18 Å². The number of imide groups is 2. The Bertz CT molecular complexity index is 2580. The summed E-state index contributed by atoms with van der Waals surface area (Å²) in [7, 11) is 0. The largest absolute Gasteiger partial charge is 0.508 e. The number of allylic oxidation sites excluding steroid dienone is 3. The van der Waals surface area contributed by atoms with Gasteiger partial charge in [-0.05, 0) is 78.4 Å². The number of ether oxygens (including phenoxy) is 1. The Balaban J connectivity index is 1.20. The van der Waals surface area contributed by atoms with Crippen LogP contribution < -0.4 is 15.1 Å². The molecule has 9 rings (SSSR count). The molecule has 0 bridgehead atoms. The number of hydrogen-bond donors (Lipinski definition) is 2. The first-order valence-corrected chi connectivity index (χ1v) is 19.0. The molecule has 3 aromatic carbocycles. The molecule has 2 N–H and O–H groups in total. The summed E-state index contributed by atoms with van der Waals surface area (Å²) < 4.78 is 46.7. The first-order chi connectivity index (χ1) is 28.1. The molecule has 4 amide bonds. The number of nitro benzene ring substituents is 1. The maximum atomic E-state index is 15.4. The number of carbonyl (C=O) groups is 4. The minimum atomic E-state index is -4.78. The molecule has 2 aliphatic carbocycles. The number of nitrogens with one attached hydrogen (secondary N) is 1. The number of phenolic OH excluding ortho intramolecular Hbond substituents is 1. The van der Waals surface area contributed by atoms with Crippen LogP contribution in [0, 0.1) is 39.7 Å². The standard InChI is InChI=1S/C41H28Cl2F3N5O8/c42-23-3-1-21(2-4-23)40-30(37(54)50(39(40)56)48-35-31(43)15-22(17-47-35)41(44,45)46)16-29-27(34(40)20-13-19-14-26(52)9-12-32(19)59-18-20)10-11-28-33(29)38(55)49(36(28)53)24-5-7-25(8-6-24)51(57)58/h1-10,12,14-15,17-18,28-30,33-34,52H,11,13,16H2,(H,47,48)/t28-,29+,30-,33-,34-,40+/m0/s1. The van der Waals surface area contributed by atoms with Crippen molar-refractivity contribution in [3.63, 3.8) is 0 Å². The number of anilines is 2.